The normalized spacial score (nSPS) is 25.7. The Morgan fingerprint density at radius 2 is 1.80 bits per heavy atom. The first-order chi connectivity index (χ1) is 12.1. The van der Waals surface area contributed by atoms with Crippen LogP contribution in [0.2, 0.25) is 0 Å². The van der Waals surface area contributed by atoms with E-state index in [-0.39, 0.29) is 6.04 Å². The lowest BCUT2D eigenvalue weighted by molar-refractivity contribution is 0.446. The lowest BCUT2D eigenvalue weighted by Crippen LogP contribution is -2.35. The average Bonchev–Trinajstić information content (AvgIpc) is 2.78. The van der Waals surface area contributed by atoms with E-state index in [9.17, 15) is 8.78 Å². The van der Waals surface area contributed by atoms with Crippen LogP contribution in [0.25, 0.3) is 0 Å². The van der Waals surface area contributed by atoms with Crippen LogP contribution >= 0.6 is 0 Å². The number of nitrogens with one attached hydrogen (secondary N) is 1. The van der Waals surface area contributed by atoms with Gasteiger partial charge in [0.15, 0.2) is 11.7 Å². The lowest BCUT2D eigenvalue weighted by Gasteiger charge is -2.37. The minimum atomic E-state index is -0.846. The Labute approximate surface area is 146 Å². The molecule has 0 radical (unpaired) electrons. The van der Waals surface area contributed by atoms with Gasteiger partial charge in [0, 0.05) is 50.1 Å². The zero-order valence-corrected chi connectivity index (χ0v) is 14.2. The fraction of sp³-hybridized carbons (Fsp3) is 0.350. The first-order valence-corrected chi connectivity index (χ1v) is 8.65. The Morgan fingerprint density at radius 3 is 2.56 bits per heavy atom. The summed E-state index contributed by atoms with van der Waals surface area (Å²) in [5, 5.41) is 3.44. The molecule has 0 fully saturated rings. The van der Waals surface area contributed by atoms with Gasteiger partial charge >= 0.3 is 0 Å². The predicted molar refractivity (Wildman–Crippen MR) is 96.4 cm³/mol. The monoisotopic (exact) mass is 341 g/mol. The Hall–Kier alpha value is -2.27. The molecule has 0 aromatic heterocycles. The highest BCUT2D eigenvalue weighted by Crippen LogP contribution is 2.36. The highest BCUT2D eigenvalue weighted by Gasteiger charge is 2.27. The van der Waals surface area contributed by atoms with Gasteiger partial charge in [-0.25, -0.2) is 8.78 Å². The molecule has 4 rings (SSSR count). The van der Waals surface area contributed by atoms with E-state index < -0.39 is 11.7 Å². The van der Waals surface area contributed by atoms with E-state index in [1.54, 1.807) is 12.2 Å². The van der Waals surface area contributed by atoms with Gasteiger partial charge in [-0.2, -0.15) is 0 Å². The summed E-state index contributed by atoms with van der Waals surface area (Å²) in [5.74, 6) is -1.69. The molecule has 3 nitrogen and oxygen atoms in total. The summed E-state index contributed by atoms with van der Waals surface area (Å²) in [6.45, 7) is 1.98. The van der Waals surface area contributed by atoms with Gasteiger partial charge in [0.05, 0.1) is 6.04 Å². The van der Waals surface area contributed by atoms with Gasteiger partial charge in [0.2, 0.25) is 0 Å². The molecule has 2 heterocycles. The van der Waals surface area contributed by atoms with E-state index >= 15 is 0 Å². The van der Waals surface area contributed by atoms with Crippen molar-refractivity contribution in [2.24, 2.45) is 4.99 Å². The number of allylic oxidation sites excluding steroid dienone is 7. The van der Waals surface area contributed by atoms with Crippen LogP contribution in [0.5, 0.6) is 0 Å². The highest BCUT2D eigenvalue weighted by atomic mass is 19.2. The van der Waals surface area contributed by atoms with E-state index in [0.717, 1.165) is 50.2 Å². The van der Waals surface area contributed by atoms with Crippen LogP contribution < -0.4 is 5.32 Å². The molecule has 4 aliphatic rings. The minimum Gasteiger partial charge on any atom is -0.348 e. The Morgan fingerprint density at radius 1 is 1.04 bits per heavy atom. The molecule has 1 N–H and O–H groups in total. The van der Waals surface area contributed by atoms with Gasteiger partial charge in [-0.05, 0) is 41.9 Å². The van der Waals surface area contributed by atoms with Gasteiger partial charge in [-0.3, -0.25) is 4.99 Å². The van der Waals surface area contributed by atoms with Gasteiger partial charge in [-0.15, -0.1) is 0 Å². The molecule has 130 valence electrons. The van der Waals surface area contributed by atoms with Crippen LogP contribution in [0.3, 0.4) is 0 Å². The SMILES string of the molecule is CN1C2=C(CC(=NC3C=CC(F)=C(F)C=C3)C=C2)CC2=C1CCNC2. The van der Waals surface area contributed by atoms with Crippen molar-refractivity contribution < 1.29 is 8.78 Å². The molecule has 5 heteroatoms. The Bertz CT molecular complexity index is 787. The number of halogens is 2. The summed E-state index contributed by atoms with van der Waals surface area (Å²) in [6, 6.07) is -0.340. The number of rotatable bonds is 1. The third kappa shape index (κ3) is 3.16. The second kappa shape index (κ2) is 6.56. The van der Waals surface area contributed by atoms with Gasteiger partial charge < -0.3 is 10.2 Å². The molecule has 0 aromatic rings. The second-order valence-electron chi connectivity index (χ2n) is 6.74. The van der Waals surface area contributed by atoms with Crippen LogP contribution in [-0.2, 0) is 0 Å². The molecular formula is C20H21F2N3. The number of hydrogen-bond donors (Lipinski definition) is 1. The van der Waals surface area contributed by atoms with Crippen LogP contribution in [0.4, 0.5) is 8.78 Å². The van der Waals surface area contributed by atoms with Crippen molar-refractivity contribution in [2.75, 3.05) is 20.1 Å². The van der Waals surface area contributed by atoms with Crippen molar-refractivity contribution >= 4 is 5.71 Å². The maximum atomic E-state index is 13.3. The van der Waals surface area contributed by atoms with Crippen molar-refractivity contribution in [2.45, 2.75) is 25.3 Å². The lowest BCUT2D eigenvalue weighted by atomic mass is 9.87. The first-order valence-electron chi connectivity index (χ1n) is 8.65. The van der Waals surface area contributed by atoms with E-state index in [4.69, 9.17) is 0 Å². The number of likely N-dealkylation sites (N-methyl/N-ethyl adjacent to an activating group) is 1. The molecule has 0 atom stereocenters. The molecule has 0 saturated carbocycles. The third-order valence-corrected chi connectivity index (χ3v) is 5.09. The summed E-state index contributed by atoms with van der Waals surface area (Å²) >= 11 is 0. The van der Waals surface area contributed by atoms with Crippen molar-refractivity contribution in [3.63, 3.8) is 0 Å². The molecule has 0 saturated heterocycles. The topological polar surface area (TPSA) is 27.6 Å². The fourth-order valence-corrected chi connectivity index (χ4v) is 3.82. The Kier molecular flexibility index (Phi) is 4.25. The molecule has 2 aliphatic carbocycles. The maximum Gasteiger partial charge on any atom is 0.158 e. The van der Waals surface area contributed by atoms with E-state index in [1.807, 2.05) is 6.08 Å². The van der Waals surface area contributed by atoms with Crippen molar-refractivity contribution in [3.8, 4) is 0 Å². The molecule has 0 amide bonds. The molecule has 0 unspecified atom stereocenters. The van der Waals surface area contributed by atoms with Crippen LogP contribution in [0, 0.1) is 0 Å². The van der Waals surface area contributed by atoms with Crippen LogP contribution in [-0.4, -0.2) is 36.8 Å². The van der Waals surface area contributed by atoms with E-state index in [2.05, 4.69) is 28.3 Å². The number of hydrogen-bond acceptors (Lipinski definition) is 3. The molecule has 2 aliphatic heterocycles. The van der Waals surface area contributed by atoms with E-state index in [1.165, 1.54) is 22.5 Å². The Balaban J connectivity index is 1.53. The van der Waals surface area contributed by atoms with Gasteiger partial charge in [0.25, 0.3) is 0 Å². The quantitative estimate of drug-likeness (QED) is 0.784. The zero-order chi connectivity index (χ0) is 17.4. The summed E-state index contributed by atoms with van der Waals surface area (Å²) in [7, 11) is 2.13. The smallest absolute Gasteiger partial charge is 0.158 e. The highest BCUT2D eigenvalue weighted by molar-refractivity contribution is 5.98. The third-order valence-electron chi connectivity index (χ3n) is 5.09. The summed E-state index contributed by atoms with van der Waals surface area (Å²) in [5.41, 5.74) is 6.48. The van der Waals surface area contributed by atoms with Gasteiger partial charge in [0.1, 0.15) is 0 Å². The maximum absolute atomic E-state index is 13.3. The largest absolute Gasteiger partial charge is 0.348 e. The van der Waals surface area contributed by atoms with Gasteiger partial charge in [-0.1, -0.05) is 12.2 Å². The van der Waals surface area contributed by atoms with Crippen LogP contribution in [0.1, 0.15) is 19.3 Å². The molecule has 0 aromatic carbocycles. The molecular weight excluding hydrogens is 320 g/mol. The predicted octanol–water partition coefficient (Wildman–Crippen LogP) is 3.87. The van der Waals surface area contributed by atoms with E-state index in [0.29, 0.717) is 0 Å². The number of aliphatic imine (C=N–C) groups is 1. The van der Waals surface area contributed by atoms with Crippen molar-refractivity contribution in [1.29, 1.82) is 0 Å². The summed E-state index contributed by atoms with van der Waals surface area (Å²) in [6.07, 6.45) is 12.4. The standard InChI is InChI=1S/C20H21F2N3/c1-25-19-7-4-16(24-15-2-5-17(21)18(22)6-3-15)11-13(19)10-14-12-23-9-8-20(14)25/h2-7,15,23H,8-12H2,1H3. The zero-order valence-electron chi connectivity index (χ0n) is 14.2. The summed E-state index contributed by atoms with van der Waals surface area (Å²) < 4.78 is 26.6. The average molecular weight is 341 g/mol. The second-order valence-corrected chi connectivity index (χ2v) is 6.74. The molecule has 0 bridgehead atoms. The molecule has 0 spiro atoms. The van der Waals surface area contributed by atoms with Crippen LogP contribution in [0.15, 0.2) is 75.6 Å². The molecule has 25 heavy (non-hydrogen) atoms. The minimum absolute atomic E-state index is 0.340. The number of nitrogens with zero attached hydrogens (tertiary/aromatic N) is 2. The fourth-order valence-electron chi connectivity index (χ4n) is 3.82. The van der Waals surface area contributed by atoms with Crippen molar-refractivity contribution in [3.05, 3.63) is 70.7 Å². The van der Waals surface area contributed by atoms with Crippen molar-refractivity contribution in [1.82, 2.24) is 10.2 Å². The summed E-state index contributed by atoms with van der Waals surface area (Å²) in [4.78, 5) is 6.96. The first kappa shape index (κ1) is 16.2.